The molecular formula is C10H17BF3KO. The van der Waals surface area contributed by atoms with E-state index >= 15 is 0 Å². The van der Waals surface area contributed by atoms with E-state index in [-0.39, 0.29) is 57.3 Å². The molecule has 0 aromatic carbocycles. The molecule has 0 aromatic heterocycles. The molecule has 2 fully saturated rings. The molecule has 2 rings (SSSR count). The molecule has 0 heterocycles. The normalized spacial score (nSPS) is 35.6. The van der Waals surface area contributed by atoms with Crippen molar-refractivity contribution in [1.29, 1.82) is 0 Å². The molecule has 0 atom stereocenters. The van der Waals surface area contributed by atoms with Crippen LogP contribution in [0.5, 0.6) is 0 Å². The van der Waals surface area contributed by atoms with E-state index in [1.54, 1.807) is 0 Å². The molecule has 2 aliphatic carbocycles. The number of hydrogen-bond acceptors (Lipinski definition) is 1. The number of halogens is 3. The Labute approximate surface area is 137 Å². The first-order valence-corrected chi connectivity index (χ1v) is 5.82. The Morgan fingerprint density at radius 2 is 1.56 bits per heavy atom. The fourth-order valence-corrected chi connectivity index (χ4v) is 2.82. The van der Waals surface area contributed by atoms with Gasteiger partial charge in [-0.05, 0) is 31.6 Å². The van der Waals surface area contributed by atoms with Crippen LogP contribution in [-0.4, -0.2) is 17.7 Å². The third-order valence-corrected chi connectivity index (χ3v) is 3.91. The summed E-state index contributed by atoms with van der Waals surface area (Å²) in [5, 5.41) is 10.2. The zero-order valence-electron chi connectivity index (χ0n) is 9.76. The van der Waals surface area contributed by atoms with Gasteiger partial charge in [-0.3, -0.25) is 0 Å². The van der Waals surface area contributed by atoms with E-state index in [2.05, 4.69) is 0 Å². The van der Waals surface area contributed by atoms with Crippen molar-refractivity contribution >= 4 is 6.98 Å². The van der Waals surface area contributed by atoms with Gasteiger partial charge in [-0.1, -0.05) is 25.1 Å². The fraction of sp³-hybridized carbons (Fsp3) is 1.00. The molecule has 0 aliphatic heterocycles. The molecule has 0 saturated heterocycles. The quantitative estimate of drug-likeness (QED) is 0.717. The minimum atomic E-state index is -4.65. The van der Waals surface area contributed by atoms with E-state index < -0.39 is 18.9 Å². The number of aliphatic hydroxyl groups is 1. The standard InChI is InChI=1S/C10H17BF3O.K/c12-11(13,14)7-8-3-5-10(15,6-4-8)9-1-2-9;/h8-9,15H,1-7H2;/q-1;+1. The summed E-state index contributed by atoms with van der Waals surface area (Å²) < 4.78 is 36.6. The van der Waals surface area contributed by atoms with Gasteiger partial charge in [-0.15, -0.1) is 0 Å². The minimum Gasteiger partial charge on any atom is -0.449 e. The minimum absolute atomic E-state index is 0. The smallest absolute Gasteiger partial charge is 0.449 e. The van der Waals surface area contributed by atoms with Crippen molar-refractivity contribution in [3.05, 3.63) is 0 Å². The summed E-state index contributed by atoms with van der Waals surface area (Å²) >= 11 is 0. The average Bonchev–Trinajstić information content (AvgIpc) is 2.89. The Balaban J connectivity index is 0.00000128. The SMILES string of the molecule is OC1(C2CC2)CCC(C[B-](F)(F)F)CC1.[K+]. The monoisotopic (exact) mass is 260 g/mol. The van der Waals surface area contributed by atoms with E-state index in [0.29, 0.717) is 31.6 Å². The van der Waals surface area contributed by atoms with Crippen LogP contribution < -0.4 is 51.4 Å². The van der Waals surface area contributed by atoms with Gasteiger partial charge in [-0.2, -0.15) is 0 Å². The van der Waals surface area contributed by atoms with E-state index in [1.807, 2.05) is 0 Å². The molecule has 0 amide bonds. The molecule has 0 bridgehead atoms. The Bertz CT molecular complexity index is 235. The van der Waals surface area contributed by atoms with E-state index in [0.717, 1.165) is 12.8 Å². The maximum atomic E-state index is 12.2. The first kappa shape index (κ1) is 15.5. The summed E-state index contributed by atoms with van der Waals surface area (Å²) in [6, 6.07) is 0. The van der Waals surface area contributed by atoms with Gasteiger partial charge < -0.3 is 18.1 Å². The van der Waals surface area contributed by atoms with Crippen LogP contribution in [0.1, 0.15) is 38.5 Å². The molecule has 6 heteroatoms. The third-order valence-electron chi connectivity index (χ3n) is 3.91. The van der Waals surface area contributed by atoms with Crippen LogP contribution >= 0.6 is 0 Å². The van der Waals surface area contributed by atoms with Crippen molar-refractivity contribution < 1.29 is 69.4 Å². The van der Waals surface area contributed by atoms with Crippen LogP contribution in [-0.2, 0) is 0 Å². The molecule has 0 radical (unpaired) electrons. The second-order valence-corrected chi connectivity index (χ2v) is 5.27. The summed E-state index contributed by atoms with van der Waals surface area (Å²) in [5.74, 6) is 0.152. The van der Waals surface area contributed by atoms with Crippen molar-refractivity contribution in [2.45, 2.75) is 50.4 Å². The molecule has 0 spiro atoms. The summed E-state index contributed by atoms with van der Waals surface area (Å²) in [6.07, 6.45) is 3.76. The van der Waals surface area contributed by atoms with Crippen LogP contribution in [0.3, 0.4) is 0 Å². The van der Waals surface area contributed by atoms with Crippen molar-refractivity contribution in [1.82, 2.24) is 0 Å². The topological polar surface area (TPSA) is 20.2 Å². The van der Waals surface area contributed by atoms with Crippen molar-refractivity contribution in [3.63, 3.8) is 0 Å². The molecule has 0 aromatic rings. The molecule has 16 heavy (non-hydrogen) atoms. The zero-order chi connectivity index (χ0) is 11.1. The summed E-state index contributed by atoms with van der Waals surface area (Å²) in [4.78, 5) is 0. The second-order valence-electron chi connectivity index (χ2n) is 5.27. The van der Waals surface area contributed by atoms with Crippen LogP contribution in [0.15, 0.2) is 0 Å². The van der Waals surface area contributed by atoms with Crippen LogP contribution in [0.25, 0.3) is 0 Å². The van der Waals surface area contributed by atoms with Crippen LogP contribution in [0, 0.1) is 11.8 Å². The Morgan fingerprint density at radius 3 is 1.94 bits per heavy atom. The van der Waals surface area contributed by atoms with Crippen molar-refractivity contribution in [3.8, 4) is 0 Å². The Morgan fingerprint density at radius 1 is 1.06 bits per heavy atom. The number of hydrogen-bond donors (Lipinski definition) is 1. The largest absolute Gasteiger partial charge is 1.00 e. The maximum Gasteiger partial charge on any atom is 1.00 e. The first-order valence-electron chi connectivity index (χ1n) is 5.82. The summed E-state index contributed by atoms with van der Waals surface area (Å²) in [6.45, 7) is -4.65. The first-order chi connectivity index (χ1) is 6.89. The number of rotatable bonds is 3. The second kappa shape index (κ2) is 5.61. The van der Waals surface area contributed by atoms with Gasteiger partial charge in [0.15, 0.2) is 0 Å². The van der Waals surface area contributed by atoms with Crippen LogP contribution in [0.2, 0.25) is 6.32 Å². The van der Waals surface area contributed by atoms with Gasteiger partial charge in [0.1, 0.15) is 0 Å². The van der Waals surface area contributed by atoms with Gasteiger partial charge in [0, 0.05) is 0 Å². The predicted octanol–water partition coefficient (Wildman–Crippen LogP) is 0.169. The molecular weight excluding hydrogens is 243 g/mol. The van der Waals surface area contributed by atoms with Gasteiger partial charge in [0.25, 0.3) is 0 Å². The third kappa shape index (κ3) is 4.28. The maximum absolute atomic E-state index is 12.2. The molecule has 0 unspecified atom stereocenters. The average molecular weight is 260 g/mol. The van der Waals surface area contributed by atoms with E-state index in [9.17, 15) is 18.1 Å². The Kier molecular flexibility index (Phi) is 5.44. The molecule has 2 saturated carbocycles. The van der Waals surface area contributed by atoms with Gasteiger partial charge in [0.2, 0.25) is 0 Å². The predicted molar refractivity (Wildman–Crippen MR) is 53.5 cm³/mol. The Hall–Kier alpha value is 1.45. The van der Waals surface area contributed by atoms with Crippen molar-refractivity contribution in [2.24, 2.45) is 11.8 Å². The zero-order valence-corrected chi connectivity index (χ0v) is 12.9. The van der Waals surface area contributed by atoms with Crippen LogP contribution in [0.4, 0.5) is 12.9 Å². The molecule has 88 valence electrons. The summed E-state index contributed by atoms with van der Waals surface area (Å²) in [5.41, 5.74) is -0.616. The summed E-state index contributed by atoms with van der Waals surface area (Å²) in [7, 11) is 0. The van der Waals surface area contributed by atoms with Gasteiger partial charge >= 0.3 is 58.4 Å². The molecule has 2 aliphatic rings. The molecule has 1 nitrogen and oxygen atoms in total. The van der Waals surface area contributed by atoms with Gasteiger partial charge in [0.05, 0.1) is 5.60 Å². The van der Waals surface area contributed by atoms with Gasteiger partial charge in [-0.25, -0.2) is 0 Å². The van der Waals surface area contributed by atoms with E-state index in [4.69, 9.17) is 0 Å². The van der Waals surface area contributed by atoms with E-state index in [1.165, 1.54) is 0 Å². The molecule has 1 N–H and O–H groups in total. The van der Waals surface area contributed by atoms with Crippen molar-refractivity contribution in [2.75, 3.05) is 0 Å². The fourth-order valence-electron chi connectivity index (χ4n) is 2.82.